The fraction of sp³-hybridized carbons (Fsp3) is 0.778. The van der Waals surface area contributed by atoms with Crippen LogP contribution in [0.1, 0.15) is 19.8 Å². The summed E-state index contributed by atoms with van der Waals surface area (Å²) in [5.41, 5.74) is 0. The van der Waals surface area contributed by atoms with Gasteiger partial charge in [-0.1, -0.05) is 19.1 Å². The Morgan fingerprint density at radius 2 is 1.83 bits per heavy atom. The minimum atomic E-state index is -1.32. The van der Waals surface area contributed by atoms with Gasteiger partial charge in [0.05, 0.1) is 6.10 Å². The molecule has 0 spiro atoms. The maximum absolute atomic E-state index is 9.51. The Labute approximate surface area is 72.3 Å². The first kappa shape index (κ1) is 9.71. The molecule has 0 aromatic heterocycles. The molecule has 3 nitrogen and oxygen atoms in total. The maximum Gasteiger partial charge on any atom is 0.154 e. The van der Waals surface area contributed by atoms with Gasteiger partial charge in [0, 0.05) is 5.92 Å². The molecule has 1 aliphatic rings. The predicted molar refractivity (Wildman–Crippen MR) is 45.3 cm³/mol. The fourth-order valence-electron chi connectivity index (χ4n) is 1.61. The molecule has 0 radical (unpaired) electrons. The van der Waals surface area contributed by atoms with E-state index in [4.69, 9.17) is 10.2 Å². The molecule has 3 unspecified atom stereocenters. The second kappa shape index (κ2) is 4.03. The average Bonchev–Trinajstić information content (AvgIpc) is 2.04. The summed E-state index contributed by atoms with van der Waals surface area (Å²) in [6.45, 7) is 1.75. The van der Waals surface area contributed by atoms with Crippen LogP contribution in [0.3, 0.4) is 0 Å². The molecule has 1 rings (SSSR count). The van der Waals surface area contributed by atoms with Crippen molar-refractivity contribution in [1.29, 1.82) is 0 Å². The van der Waals surface area contributed by atoms with Crippen molar-refractivity contribution in [1.82, 2.24) is 0 Å². The van der Waals surface area contributed by atoms with E-state index in [0.717, 1.165) is 6.42 Å². The first-order valence-electron chi connectivity index (χ1n) is 4.32. The molecule has 1 aliphatic carbocycles. The molecule has 70 valence electrons. The highest BCUT2D eigenvalue weighted by molar-refractivity contribution is 4.96. The number of hydrogen-bond donors (Lipinski definition) is 3. The highest BCUT2D eigenvalue weighted by Gasteiger charge is 2.29. The van der Waals surface area contributed by atoms with E-state index >= 15 is 0 Å². The van der Waals surface area contributed by atoms with Gasteiger partial charge in [-0.3, -0.25) is 0 Å². The van der Waals surface area contributed by atoms with Crippen LogP contribution in [0.5, 0.6) is 0 Å². The zero-order valence-electron chi connectivity index (χ0n) is 7.22. The van der Waals surface area contributed by atoms with Crippen molar-refractivity contribution < 1.29 is 15.3 Å². The quantitative estimate of drug-likeness (QED) is 0.413. The molecule has 0 saturated carbocycles. The molecule has 0 bridgehead atoms. The number of allylic oxidation sites excluding steroid dienone is 1. The molecule has 0 fully saturated rings. The van der Waals surface area contributed by atoms with E-state index in [1.807, 2.05) is 12.2 Å². The van der Waals surface area contributed by atoms with Gasteiger partial charge >= 0.3 is 0 Å². The average molecular weight is 172 g/mol. The van der Waals surface area contributed by atoms with Gasteiger partial charge in [-0.2, -0.15) is 0 Å². The number of aliphatic hydroxyl groups excluding tert-OH is 2. The van der Waals surface area contributed by atoms with Crippen LogP contribution in [-0.2, 0) is 0 Å². The van der Waals surface area contributed by atoms with Gasteiger partial charge < -0.3 is 15.3 Å². The fourth-order valence-corrected chi connectivity index (χ4v) is 1.61. The number of aliphatic hydroxyl groups is 3. The van der Waals surface area contributed by atoms with Crippen LogP contribution in [0, 0.1) is 11.8 Å². The lowest BCUT2D eigenvalue weighted by Crippen LogP contribution is -2.34. The van der Waals surface area contributed by atoms with Crippen LogP contribution < -0.4 is 0 Å². The lowest BCUT2D eigenvalue weighted by atomic mass is 9.81. The Hall–Kier alpha value is -0.380. The zero-order chi connectivity index (χ0) is 9.14. The molecule has 0 amide bonds. The third-order valence-corrected chi connectivity index (χ3v) is 2.59. The number of hydrogen-bond acceptors (Lipinski definition) is 3. The predicted octanol–water partition coefficient (Wildman–Crippen LogP) is 0.260. The lowest BCUT2D eigenvalue weighted by Gasteiger charge is -2.30. The molecular weight excluding hydrogens is 156 g/mol. The van der Waals surface area contributed by atoms with Gasteiger partial charge in [0.15, 0.2) is 6.29 Å². The van der Waals surface area contributed by atoms with Crippen LogP contribution >= 0.6 is 0 Å². The van der Waals surface area contributed by atoms with Crippen molar-refractivity contribution in [3.05, 3.63) is 12.2 Å². The van der Waals surface area contributed by atoms with Crippen LogP contribution in [0.25, 0.3) is 0 Å². The lowest BCUT2D eigenvalue weighted by molar-refractivity contribution is -0.110. The Morgan fingerprint density at radius 3 is 2.33 bits per heavy atom. The van der Waals surface area contributed by atoms with Gasteiger partial charge in [0.2, 0.25) is 0 Å². The summed E-state index contributed by atoms with van der Waals surface area (Å²) in [4.78, 5) is 0. The van der Waals surface area contributed by atoms with E-state index in [1.54, 1.807) is 6.92 Å². The topological polar surface area (TPSA) is 60.7 Å². The Balaban J connectivity index is 2.55. The standard InChI is InChI=1S/C9H16O3/c1-6(9(11)12)7-4-2-3-5-8(7)10/h2-3,6-12H,4-5H2,1H3. The monoisotopic (exact) mass is 172 g/mol. The SMILES string of the molecule is CC(C(O)O)C1CC=CCC1O. The second-order valence-electron chi connectivity index (χ2n) is 3.45. The second-order valence-corrected chi connectivity index (χ2v) is 3.45. The highest BCUT2D eigenvalue weighted by Crippen LogP contribution is 2.27. The zero-order valence-corrected chi connectivity index (χ0v) is 7.22. The first-order valence-corrected chi connectivity index (χ1v) is 4.32. The molecule has 3 heteroatoms. The summed E-state index contributed by atoms with van der Waals surface area (Å²) < 4.78 is 0. The van der Waals surface area contributed by atoms with Crippen LogP contribution in [-0.4, -0.2) is 27.7 Å². The Morgan fingerprint density at radius 1 is 1.25 bits per heavy atom. The van der Waals surface area contributed by atoms with Crippen LogP contribution in [0.4, 0.5) is 0 Å². The normalized spacial score (nSPS) is 32.4. The summed E-state index contributed by atoms with van der Waals surface area (Å²) in [6, 6.07) is 0. The van der Waals surface area contributed by atoms with E-state index in [1.165, 1.54) is 0 Å². The highest BCUT2D eigenvalue weighted by atomic mass is 16.5. The van der Waals surface area contributed by atoms with Gasteiger partial charge in [0.25, 0.3) is 0 Å². The van der Waals surface area contributed by atoms with Crippen molar-refractivity contribution in [2.45, 2.75) is 32.2 Å². The minimum absolute atomic E-state index is 0.0185. The van der Waals surface area contributed by atoms with Gasteiger partial charge in [0.1, 0.15) is 0 Å². The van der Waals surface area contributed by atoms with Gasteiger partial charge in [-0.05, 0) is 18.8 Å². The molecular formula is C9H16O3. The van der Waals surface area contributed by atoms with E-state index in [-0.39, 0.29) is 11.8 Å². The first-order chi connectivity index (χ1) is 5.63. The molecule has 12 heavy (non-hydrogen) atoms. The van der Waals surface area contributed by atoms with Gasteiger partial charge in [-0.15, -0.1) is 0 Å². The maximum atomic E-state index is 9.51. The van der Waals surface area contributed by atoms with E-state index < -0.39 is 12.4 Å². The molecule has 3 N–H and O–H groups in total. The van der Waals surface area contributed by atoms with Crippen molar-refractivity contribution >= 4 is 0 Å². The molecule has 3 atom stereocenters. The molecule has 0 saturated heterocycles. The molecule has 0 aliphatic heterocycles. The van der Waals surface area contributed by atoms with E-state index in [0.29, 0.717) is 6.42 Å². The van der Waals surface area contributed by atoms with E-state index in [2.05, 4.69) is 0 Å². The van der Waals surface area contributed by atoms with Crippen molar-refractivity contribution in [2.75, 3.05) is 0 Å². The van der Waals surface area contributed by atoms with Crippen molar-refractivity contribution in [3.8, 4) is 0 Å². The summed E-state index contributed by atoms with van der Waals surface area (Å²) >= 11 is 0. The molecule has 0 heterocycles. The Bertz CT molecular complexity index is 165. The van der Waals surface area contributed by atoms with Gasteiger partial charge in [-0.25, -0.2) is 0 Å². The summed E-state index contributed by atoms with van der Waals surface area (Å²) in [7, 11) is 0. The van der Waals surface area contributed by atoms with Crippen LogP contribution in [0.2, 0.25) is 0 Å². The number of rotatable bonds is 2. The summed E-state index contributed by atoms with van der Waals surface area (Å²) in [5, 5.41) is 27.3. The minimum Gasteiger partial charge on any atom is -0.392 e. The molecule has 0 aromatic carbocycles. The summed E-state index contributed by atoms with van der Waals surface area (Å²) in [6.07, 6.45) is 3.53. The smallest absolute Gasteiger partial charge is 0.154 e. The summed E-state index contributed by atoms with van der Waals surface area (Å²) in [5.74, 6) is -0.278. The third kappa shape index (κ3) is 2.06. The Kier molecular flexibility index (Phi) is 3.26. The largest absolute Gasteiger partial charge is 0.392 e. The van der Waals surface area contributed by atoms with Crippen molar-refractivity contribution in [3.63, 3.8) is 0 Å². The van der Waals surface area contributed by atoms with Crippen LogP contribution in [0.15, 0.2) is 12.2 Å². The third-order valence-electron chi connectivity index (χ3n) is 2.59. The van der Waals surface area contributed by atoms with Crippen molar-refractivity contribution in [2.24, 2.45) is 11.8 Å². The molecule has 0 aromatic rings. The van der Waals surface area contributed by atoms with E-state index in [9.17, 15) is 5.11 Å².